The zero-order valence-corrected chi connectivity index (χ0v) is 14.0. The van der Waals surface area contributed by atoms with Crippen LogP contribution >= 0.6 is 24.2 Å². The molecule has 3 rings (SSSR count). The monoisotopic (exact) mass is 340 g/mol. The van der Waals surface area contributed by atoms with Gasteiger partial charge < -0.3 is 10.3 Å². The van der Waals surface area contributed by atoms with Crippen molar-refractivity contribution in [3.63, 3.8) is 0 Å². The van der Waals surface area contributed by atoms with E-state index in [4.69, 9.17) is 10.3 Å². The number of hydrogen-bond donors (Lipinski definition) is 1. The van der Waals surface area contributed by atoms with E-state index in [0.29, 0.717) is 12.4 Å². The van der Waals surface area contributed by atoms with E-state index in [1.54, 1.807) is 0 Å². The second-order valence-corrected chi connectivity index (χ2v) is 6.42. The third kappa shape index (κ3) is 4.71. The molecular weight excluding hydrogens is 320 g/mol. The van der Waals surface area contributed by atoms with Crippen LogP contribution in [0.4, 0.5) is 0 Å². The van der Waals surface area contributed by atoms with Crippen molar-refractivity contribution in [2.75, 3.05) is 18.8 Å². The predicted molar refractivity (Wildman–Crippen MR) is 90.0 cm³/mol. The Morgan fingerprint density at radius 2 is 2.14 bits per heavy atom. The van der Waals surface area contributed by atoms with Gasteiger partial charge in [0.2, 0.25) is 5.89 Å². The van der Waals surface area contributed by atoms with Crippen LogP contribution < -0.4 is 5.73 Å². The summed E-state index contributed by atoms with van der Waals surface area (Å²) in [6, 6.07) is 10.6. The normalized spacial score (nSPS) is 18.3. The lowest BCUT2D eigenvalue weighted by molar-refractivity contribution is 0.301. The Kier molecular flexibility index (Phi) is 6.70. The molecule has 1 aliphatic heterocycles. The molecule has 0 aliphatic carbocycles. The Labute approximate surface area is 141 Å². The quantitative estimate of drug-likeness (QED) is 0.815. The molecule has 7 heteroatoms. The zero-order chi connectivity index (χ0) is 14.5. The largest absolute Gasteiger partial charge is 0.338 e. The van der Waals surface area contributed by atoms with Gasteiger partial charge >= 0.3 is 0 Å². The van der Waals surface area contributed by atoms with Crippen LogP contribution in [0.25, 0.3) is 0 Å². The molecule has 22 heavy (non-hydrogen) atoms. The summed E-state index contributed by atoms with van der Waals surface area (Å²) >= 11 is 1.94. The number of likely N-dealkylation sites (tertiary alicyclic amines) is 1. The molecule has 0 amide bonds. The average molecular weight is 341 g/mol. The SMILES string of the molecule is Cl.NCc1nc(CN2CCC(CSc3ccccc3)C2)no1. The van der Waals surface area contributed by atoms with Crippen LogP contribution in [0, 0.1) is 5.92 Å². The van der Waals surface area contributed by atoms with Gasteiger partial charge in [0.25, 0.3) is 0 Å². The van der Waals surface area contributed by atoms with E-state index in [1.165, 1.54) is 17.1 Å². The van der Waals surface area contributed by atoms with Crippen LogP contribution in [0.5, 0.6) is 0 Å². The molecular formula is C15H21ClN4OS. The molecule has 1 atom stereocenters. The van der Waals surface area contributed by atoms with Crippen molar-refractivity contribution in [3.8, 4) is 0 Å². The Balaban J connectivity index is 0.00000176. The molecule has 1 aromatic carbocycles. The van der Waals surface area contributed by atoms with Gasteiger partial charge in [0.15, 0.2) is 5.82 Å². The van der Waals surface area contributed by atoms with Crippen molar-refractivity contribution >= 4 is 24.2 Å². The molecule has 1 aromatic heterocycles. The van der Waals surface area contributed by atoms with E-state index in [0.717, 1.165) is 31.4 Å². The fraction of sp³-hybridized carbons (Fsp3) is 0.467. The topological polar surface area (TPSA) is 68.2 Å². The Morgan fingerprint density at radius 1 is 1.32 bits per heavy atom. The number of halogens is 1. The van der Waals surface area contributed by atoms with Crippen molar-refractivity contribution in [2.24, 2.45) is 11.7 Å². The first kappa shape index (κ1) is 17.3. The molecule has 5 nitrogen and oxygen atoms in total. The number of nitrogens with zero attached hydrogens (tertiary/aromatic N) is 3. The highest BCUT2D eigenvalue weighted by atomic mass is 35.5. The minimum atomic E-state index is 0. The molecule has 1 unspecified atom stereocenters. The van der Waals surface area contributed by atoms with Crippen LogP contribution in [0.2, 0.25) is 0 Å². The Morgan fingerprint density at radius 3 is 2.86 bits per heavy atom. The van der Waals surface area contributed by atoms with Gasteiger partial charge in [-0.2, -0.15) is 4.98 Å². The van der Waals surface area contributed by atoms with Crippen molar-refractivity contribution in [1.29, 1.82) is 0 Å². The molecule has 0 spiro atoms. The van der Waals surface area contributed by atoms with Gasteiger partial charge in [0, 0.05) is 17.2 Å². The maximum Gasteiger partial charge on any atom is 0.240 e. The van der Waals surface area contributed by atoms with Gasteiger partial charge in [-0.05, 0) is 31.0 Å². The summed E-state index contributed by atoms with van der Waals surface area (Å²) in [5.74, 6) is 3.16. The van der Waals surface area contributed by atoms with Gasteiger partial charge in [-0.25, -0.2) is 0 Å². The van der Waals surface area contributed by atoms with E-state index in [9.17, 15) is 0 Å². The molecule has 0 saturated carbocycles. The smallest absolute Gasteiger partial charge is 0.240 e. The first-order valence-electron chi connectivity index (χ1n) is 7.25. The van der Waals surface area contributed by atoms with Crippen molar-refractivity contribution in [3.05, 3.63) is 42.0 Å². The summed E-state index contributed by atoms with van der Waals surface area (Å²) in [4.78, 5) is 8.00. The number of benzene rings is 1. The third-order valence-electron chi connectivity index (χ3n) is 3.65. The number of rotatable bonds is 6. The van der Waals surface area contributed by atoms with Crippen LogP contribution in [0.1, 0.15) is 18.1 Å². The van der Waals surface area contributed by atoms with Gasteiger partial charge in [-0.1, -0.05) is 23.4 Å². The van der Waals surface area contributed by atoms with Crippen LogP contribution in [0.3, 0.4) is 0 Å². The summed E-state index contributed by atoms with van der Waals surface area (Å²) in [7, 11) is 0. The minimum Gasteiger partial charge on any atom is -0.338 e. The van der Waals surface area contributed by atoms with Gasteiger partial charge in [0.05, 0.1) is 13.1 Å². The summed E-state index contributed by atoms with van der Waals surface area (Å²) in [5.41, 5.74) is 5.48. The Bertz CT molecular complexity index is 566. The molecule has 0 radical (unpaired) electrons. The zero-order valence-electron chi connectivity index (χ0n) is 12.4. The number of aromatic nitrogens is 2. The lowest BCUT2D eigenvalue weighted by Gasteiger charge is -2.13. The van der Waals surface area contributed by atoms with Gasteiger partial charge in [0.1, 0.15) is 0 Å². The minimum absolute atomic E-state index is 0. The highest BCUT2D eigenvalue weighted by molar-refractivity contribution is 7.99. The van der Waals surface area contributed by atoms with Gasteiger partial charge in [-0.3, -0.25) is 4.90 Å². The molecule has 0 bridgehead atoms. The second kappa shape index (κ2) is 8.53. The first-order chi connectivity index (χ1) is 10.3. The number of nitrogens with two attached hydrogens (primary N) is 1. The van der Waals surface area contributed by atoms with E-state index in [-0.39, 0.29) is 12.4 Å². The van der Waals surface area contributed by atoms with Crippen LogP contribution in [-0.2, 0) is 13.1 Å². The summed E-state index contributed by atoms with van der Waals surface area (Å²) < 4.78 is 5.04. The molecule has 120 valence electrons. The summed E-state index contributed by atoms with van der Waals surface area (Å²) in [5, 5.41) is 3.96. The molecule has 2 N–H and O–H groups in total. The fourth-order valence-corrected chi connectivity index (χ4v) is 3.61. The lowest BCUT2D eigenvalue weighted by atomic mass is 10.2. The summed E-state index contributed by atoms with van der Waals surface area (Å²) in [6.07, 6.45) is 1.24. The maximum absolute atomic E-state index is 5.48. The van der Waals surface area contributed by atoms with Crippen molar-refractivity contribution in [2.45, 2.75) is 24.4 Å². The van der Waals surface area contributed by atoms with Crippen molar-refractivity contribution < 1.29 is 4.52 Å². The molecule has 2 aromatic rings. The van der Waals surface area contributed by atoms with E-state index in [2.05, 4.69) is 45.4 Å². The van der Waals surface area contributed by atoms with Gasteiger partial charge in [-0.15, -0.1) is 24.2 Å². The average Bonchev–Trinajstić information content (AvgIpc) is 3.16. The van der Waals surface area contributed by atoms with E-state index in [1.807, 2.05) is 11.8 Å². The van der Waals surface area contributed by atoms with E-state index < -0.39 is 0 Å². The molecule has 1 saturated heterocycles. The molecule has 1 fully saturated rings. The van der Waals surface area contributed by atoms with Crippen LogP contribution in [-0.4, -0.2) is 33.9 Å². The standard InChI is InChI=1S/C15H20N4OS.ClH/c16-8-15-17-14(18-20-15)10-19-7-6-12(9-19)11-21-13-4-2-1-3-5-13;/h1-5,12H,6-11,16H2;1H. The highest BCUT2D eigenvalue weighted by Gasteiger charge is 2.23. The lowest BCUT2D eigenvalue weighted by Crippen LogP contribution is -2.21. The van der Waals surface area contributed by atoms with Crippen LogP contribution in [0.15, 0.2) is 39.8 Å². The summed E-state index contributed by atoms with van der Waals surface area (Å²) in [6.45, 7) is 3.28. The second-order valence-electron chi connectivity index (χ2n) is 5.32. The Hall–Kier alpha value is -1.08. The van der Waals surface area contributed by atoms with E-state index >= 15 is 0 Å². The van der Waals surface area contributed by atoms with Crippen molar-refractivity contribution in [1.82, 2.24) is 15.0 Å². The predicted octanol–water partition coefficient (Wildman–Crippen LogP) is 2.56. The molecule has 1 aliphatic rings. The first-order valence-corrected chi connectivity index (χ1v) is 8.24. The highest BCUT2D eigenvalue weighted by Crippen LogP contribution is 2.26. The third-order valence-corrected chi connectivity index (χ3v) is 4.89. The number of thioether (sulfide) groups is 1. The fourth-order valence-electron chi connectivity index (χ4n) is 2.56. The molecule has 2 heterocycles. The number of hydrogen-bond acceptors (Lipinski definition) is 6. The maximum atomic E-state index is 5.48.